The number of nitriles is 1. The molecule has 0 amide bonds. The van der Waals surface area contributed by atoms with Gasteiger partial charge in [0.25, 0.3) is 0 Å². The van der Waals surface area contributed by atoms with Crippen molar-refractivity contribution >= 4 is 39.7 Å². The average molecular weight is 206 g/mol. The van der Waals surface area contributed by atoms with Gasteiger partial charge in [0, 0.05) is 15.0 Å². The summed E-state index contributed by atoms with van der Waals surface area (Å²) in [5.41, 5.74) is 6.34. The SMILES string of the molecule is N#Cc1sc2ccc(S)cc2c1N. The fourth-order valence-electron chi connectivity index (χ4n) is 1.19. The predicted molar refractivity (Wildman–Crippen MR) is 58.2 cm³/mol. The zero-order valence-corrected chi connectivity index (χ0v) is 8.32. The molecule has 0 spiro atoms. The van der Waals surface area contributed by atoms with Gasteiger partial charge in [-0.25, -0.2) is 0 Å². The van der Waals surface area contributed by atoms with Crippen LogP contribution in [0.2, 0.25) is 0 Å². The molecule has 64 valence electrons. The Morgan fingerprint density at radius 1 is 1.46 bits per heavy atom. The van der Waals surface area contributed by atoms with Gasteiger partial charge in [-0.3, -0.25) is 0 Å². The molecule has 2 aromatic rings. The molecule has 4 heteroatoms. The zero-order chi connectivity index (χ0) is 9.42. The number of benzene rings is 1. The van der Waals surface area contributed by atoms with Crippen molar-refractivity contribution in [3.8, 4) is 6.07 Å². The third kappa shape index (κ3) is 1.26. The van der Waals surface area contributed by atoms with Crippen molar-refractivity contribution in [1.29, 1.82) is 5.26 Å². The highest BCUT2D eigenvalue weighted by molar-refractivity contribution is 7.80. The maximum Gasteiger partial charge on any atom is 0.129 e. The lowest BCUT2D eigenvalue weighted by atomic mass is 10.2. The van der Waals surface area contributed by atoms with Crippen molar-refractivity contribution in [3.05, 3.63) is 23.1 Å². The molecular formula is C9H6N2S2. The summed E-state index contributed by atoms with van der Waals surface area (Å²) in [5, 5.41) is 9.68. The second-order valence-corrected chi connectivity index (χ2v) is 4.21. The van der Waals surface area contributed by atoms with Gasteiger partial charge in [-0.15, -0.1) is 24.0 Å². The lowest BCUT2D eigenvalue weighted by molar-refractivity contribution is 1.52. The molecule has 0 aliphatic heterocycles. The molecule has 0 aliphatic carbocycles. The Labute approximate surface area is 85.0 Å². The van der Waals surface area contributed by atoms with Crippen LogP contribution in [-0.2, 0) is 0 Å². The Balaban J connectivity index is 2.87. The van der Waals surface area contributed by atoms with Gasteiger partial charge in [0.2, 0.25) is 0 Å². The molecular weight excluding hydrogens is 200 g/mol. The van der Waals surface area contributed by atoms with Crippen LogP contribution in [0, 0.1) is 11.3 Å². The highest BCUT2D eigenvalue weighted by atomic mass is 32.1. The van der Waals surface area contributed by atoms with E-state index in [1.807, 2.05) is 18.2 Å². The predicted octanol–water partition coefficient (Wildman–Crippen LogP) is 2.64. The molecule has 0 saturated heterocycles. The van der Waals surface area contributed by atoms with E-state index in [-0.39, 0.29) is 0 Å². The van der Waals surface area contributed by atoms with Gasteiger partial charge in [0.15, 0.2) is 0 Å². The first-order chi connectivity index (χ1) is 6.22. The maximum absolute atomic E-state index is 8.75. The van der Waals surface area contributed by atoms with Crippen LogP contribution < -0.4 is 5.73 Å². The summed E-state index contributed by atoms with van der Waals surface area (Å²) in [6.07, 6.45) is 0. The third-order valence-electron chi connectivity index (χ3n) is 1.81. The van der Waals surface area contributed by atoms with Crippen LogP contribution in [0.15, 0.2) is 23.1 Å². The summed E-state index contributed by atoms with van der Waals surface area (Å²) in [6.45, 7) is 0. The van der Waals surface area contributed by atoms with E-state index in [9.17, 15) is 0 Å². The van der Waals surface area contributed by atoms with E-state index in [0.717, 1.165) is 15.0 Å². The maximum atomic E-state index is 8.75. The normalized spacial score (nSPS) is 10.2. The number of nitrogens with zero attached hydrogens (tertiary/aromatic N) is 1. The van der Waals surface area contributed by atoms with Gasteiger partial charge >= 0.3 is 0 Å². The van der Waals surface area contributed by atoms with Crippen LogP contribution in [0.3, 0.4) is 0 Å². The second-order valence-electron chi connectivity index (χ2n) is 2.64. The van der Waals surface area contributed by atoms with Crippen LogP contribution in [-0.4, -0.2) is 0 Å². The number of hydrogen-bond acceptors (Lipinski definition) is 4. The highest BCUT2D eigenvalue weighted by Crippen LogP contribution is 2.34. The Bertz CT molecular complexity index is 508. The standard InChI is InChI=1S/C9H6N2S2/c10-4-8-9(11)6-3-5(12)1-2-7(6)13-8/h1-3,12H,11H2. The number of nitrogens with two attached hydrogens (primary N) is 1. The molecule has 2 rings (SSSR count). The fraction of sp³-hybridized carbons (Fsp3) is 0. The number of fused-ring (bicyclic) bond motifs is 1. The Kier molecular flexibility index (Phi) is 1.91. The Morgan fingerprint density at radius 2 is 2.23 bits per heavy atom. The molecule has 0 bridgehead atoms. The monoisotopic (exact) mass is 206 g/mol. The number of rotatable bonds is 0. The first kappa shape index (κ1) is 8.42. The van der Waals surface area contributed by atoms with Crippen LogP contribution in [0.4, 0.5) is 5.69 Å². The van der Waals surface area contributed by atoms with Crippen molar-refractivity contribution in [2.45, 2.75) is 4.90 Å². The molecule has 13 heavy (non-hydrogen) atoms. The fourth-order valence-corrected chi connectivity index (χ4v) is 2.29. The van der Waals surface area contributed by atoms with Crippen molar-refractivity contribution in [3.63, 3.8) is 0 Å². The van der Waals surface area contributed by atoms with Gasteiger partial charge in [-0.1, -0.05) is 0 Å². The first-order valence-electron chi connectivity index (χ1n) is 3.63. The van der Waals surface area contributed by atoms with Gasteiger partial charge in [-0.05, 0) is 18.2 Å². The van der Waals surface area contributed by atoms with Crippen molar-refractivity contribution in [2.24, 2.45) is 0 Å². The number of hydrogen-bond donors (Lipinski definition) is 2. The molecule has 0 aliphatic rings. The largest absolute Gasteiger partial charge is 0.396 e. The molecule has 0 unspecified atom stereocenters. The molecule has 1 heterocycles. The van der Waals surface area contributed by atoms with Crippen molar-refractivity contribution < 1.29 is 0 Å². The lowest BCUT2D eigenvalue weighted by Gasteiger charge is -1.92. The van der Waals surface area contributed by atoms with Crippen LogP contribution >= 0.6 is 24.0 Å². The summed E-state index contributed by atoms with van der Waals surface area (Å²) in [7, 11) is 0. The van der Waals surface area contributed by atoms with Crippen molar-refractivity contribution in [2.75, 3.05) is 5.73 Å². The topological polar surface area (TPSA) is 49.8 Å². The minimum Gasteiger partial charge on any atom is -0.396 e. The summed E-state index contributed by atoms with van der Waals surface area (Å²) in [6, 6.07) is 7.77. The van der Waals surface area contributed by atoms with E-state index in [4.69, 9.17) is 11.0 Å². The van der Waals surface area contributed by atoms with Gasteiger partial charge in [0.1, 0.15) is 10.9 Å². The first-order valence-corrected chi connectivity index (χ1v) is 4.90. The highest BCUT2D eigenvalue weighted by Gasteiger charge is 2.07. The lowest BCUT2D eigenvalue weighted by Crippen LogP contribution is -1.84. The van der Waals surface area contributed by atoms with Crippen LogP contribution in [0.1, 0.15) is 4.88 Å². The minimum atomic E-state index is 0.568. The zero-order valence-electron chi connectivity index (χ0n) is 6.61. The van der Waals surface area contributed by atoms with Gasteiger partial charge in [0.05, 0.1) is 5.69 Å². The van der Waals surface area contributed by atoms with E-state index in [0.29, 0.717) is 10.6 Å². The number of thiophene rings is 1. The van der Waals surface area contributed by atoms with E-state index in [2.05, 4.69) is 18.7 Å². The van der Waals surface area contributed by atoms with E-state index < -0.39 is 0 Å². The van der Waals surface area contributed by atoms with E-state index >= 15 is 0 Å². The number of nitrogen functional groups attached to an aromatic ring is 1. The number of anilines is 1. The summed E-state index contributed by atoms with van der Waals surface area (Å²) >= 11 is 5.62. The van der Waals surface area contributed by atoms with E-state index in [1.165, 1.54) is 11.3 Å². The average Bonchev–Trinajstić information content (AvgIpc) is 2.44. The molecule has 2 nitrogen and oxygen atoms in total. The molecule has 0 atom stereocenters. The molecule has 0 radical (unpaired) electrons. The van der Waals surface area contributed by atoms with E-state index in [1.54, 1.807) is 0 Å². The molecule has 0 saturated carbocycles. The minimum absolute atomic E-state index is 0.568. The van der Waals surface area contributed by atoms with Gasteiger partial charge in [-0.2, -0.15) is 5.26 Å². The summed E-state index contributed by atoms with van der Waals surface area (Å²) in [5.74, 6) is 0. The molecule has 1 aromatic carbocycles. The second kappa shape index (κ2) is 2.95. The smallest absolute Gasteiger partial charge is 0.129 e. The number of thiol groups is 1. The molecule has 0 fully saturated rings. The molecule has 1 aromatic heterocycles. The van der Waals surface area contributed by atoms with Crippen LogP contribution in [0.5, 0.6) is 0 Å². The quantitative estimate of drug-likeness (QED) is 0.651. The summed E-state index contributed by atoms with van der Waals surface area (Å²) < 4.78 is 1.03. The Hall–Kier alpha value is -1.18. The molecule has 2 N–H and O–H groups in total. The Morgan fingerprint density at radius 3 is 2.92 bits per heavy atom. The van der Waals surface area contributed by atoms with Gasteiger partial charge < -0.3 is 5.73 Å². The summed E-state index contributed by atoms with van der Waals surface area (Å²) in [4.78, 5) is 1.44. The van der Waals surface area contributed by atoms with Crippen LogP contribution in [0.25, 0.3) is 10.1 Å². The third-order valence-corrected chi connectivity index (χ3v) is 3.18. The van der Waals surface area contributed by atoms with Crippen molar-refractivity contribution in [1.82, 2.24) is 0 Å².